The molecule has 3 amide bonds. The van der Waals surface area contributed by atoms with Gasteiger partial charge in [-0.3, -0.25) is 28.3 Å². The topological polar surface area (TPSA) is 169 Å². The van der Waals surface area contributed by atoms with Gasteiger partial charge in [0.15, 0.2) is 11.7 Å². The Hall–Kier alpha value is -4.26. The molecular formula is C30H40N6O7. The van der Waals surface area contributed by atoms with Crippen molar-refractivity contribution in [3.05, 3.63) is 63.3 Å². The lowest BCUT2D eigenvalue weighted by Gasteiger charge is -2.32. The average molecular weight is 597 g/mol. The van der Waals surface area contributed by atoms with E-state index in [0.717, 1.165) is 9.13 Å². The van der Waals surface area contributed by atoms with Crippen LogP contribution in [0.5, 0.6) is 0 Å². The largest absolute Gasteiger partial charge is 0.438 e. The fourth-order valence-electron chi connectivity index (χ4n) is 5.38. The van der Waals surface area contributed by atoms with E-state index in [-0.39, 0.29) is 30.8 Å². The van der Waals surface area contributed by atoms with Crippen LogP contribution in [-0.4, -0.2) is 66.5 Å². The molecule has 0 radical (unpaired) electrons. The smallest absolute Gasteiger partial charge is 0.331 e. The first-order chi connectivity index (χ1) is 20.4. The summed E-state index contributed by atoms with van der Waals surface area (Å²) >= 11 is 0. The van der Waals surface area contributed by atoms with Gasteiger partial charge in [0.1, 0.15) is 24.1 Å². The number of nitrogens with zero attached hydrogens (tertiary/aromatic N) is 4. The summed E-state index contributed by atoms with van der Waals surface area (Å²) in [4.78, 5) is 70.5. The van der Waals surface area contributed by atoms with Crippen molar-refractivity contribution in [1.29, 1.82) is 0 Å². The van der Waals surface area contributed by atoms with Gasteiger partial charge in [-0.15, -0.1) is 0 Å². The third-order valence-corrected chi connectivity index (χ3v) is 7.79. The lowest BCUT2D eigenvalue weighted by atomic mass is 9.97. The number of carbonyl (C=O) groups excluding carboxylic acids is 3. The zero-order valence-electron chi connectivity index (χ0n) is 25.1. The summed E-state index contributed by atoms with van der Waals surface area (Å²) in [6, 6.07) is 5.87. The molecule has 13 nitrogen and oxygen atoms in total. The van der Waals surface area contributed by atoms with Crippen molar-refractivity contribution in [3.8, 4) is 0 Å². The summed E-state index contributed by atoms with van der Waals surface area (Å²) in [5, 5.41) is 16.8. The number of oxazole rings is 1. The lowest BCUT2D eigenvalue weighted by molar-refractivity contribution is -0.143. The molecule has 43 heavy (non-hydrogen) atoms. The highest BCUT2D eigenvalue weighted by Gasteiger charge is 2.40. The SMILES string of the molecule is CCn1c(=O)ccn(CC(=O)N[C@H](C(=O)N2CCC[C@H]2C(=O)N[C@@H](C(C)C)C(O)c2nc3ccccc3o2)C(C)C)c1=O. The van der Waals surface area contributed by atoms with Crippen LogP contribution in [0.25, 0.3) is 11.1 Å². The Morgan fingerprint density at radius 2 is 1.79 bits per heavy atom. The third kappa shape index (κ3) is 6.87. The number of nitrogens with one attached hydrogen (secondary N) is 2. The minimum atomic E-state index is -1.21. The zero-order valence-corrected chi connectivity index (χ0v) is 25.1. The van der Waals surface area contributed by atoms with Crippen molar-refractivity contribution >= 4 is 28.8 Å². The van der Waals surface area contributed by atoms with Crippen molar-refractivity contribution < 1.29 is 23.9 Å². The predicted octanol–water partition coefficient (Wildman–Crippen LogP) is 1.18. The predicted molar refractivity (Wildman–Crippen MR) is 158 cm³/mol. The number of aromatic nitrogens is 3. The standard InChI is InChI=1S/C30H40N6O7/c1-6-35-23(38)13-15-34(30(35)42)16-22(37)32-25(18(4)5)29(41)36-14-9-11-20(36)27(40)33-24(17(2)3)26(39)28-31-19-10-7-8-12-21(19)43-28/h7-8,10,12-13,15,17-18,20,24-26,39H,6,9,11,14,16H2,1-5H3,(H,32,37)(H,33,40)/t20-,24-,25-,26?/m0/s1. The first-order valence-electron chi connectivity index (χ1n) is 14.7. The molecule has 4 rings (SSSR count). The quantitative estimate of drug-likeness (QED) is 0.296. The molecule has 3 heterocycles. The second kappa shape index (κ2) is 13.4. The first kappa shape index (κ1) is 31.7. The van der Waals surface area contributed by atoms with E-state index in [0.29, 0.717) is 30.5 Å². The van der Waals surface area contributed by atoms with Crippen molar-refractivity contribution in [2.75, 3.05) is 6.54 Å². The molecule has 1 fully saturated rings. The maximum absolute atomic E-state index is 13.7. The summed E-state index contributed by atoms with van der Waals surface area (Å²) < 4.78 is 7.86. The molecule has 4 atom stereocenters. The van der Waals surface area contributed by atoms with Gasteiger partial charge < -0.3 is 25.1 Å². The highest BCUT2D eigenvalue weighted by molar-refractivity contribution is 5.92. The van der Waals surface area contributed by atoms with Crippen LogP contribution >= 0.6 is 0 Å². The van der Waals surface area contributed by atoms with Crippen LogP contribution in [0.4, 0.5) is 0 Å². The number of carbonyl (C=O) groups is 3. The Morgan fingerprint density at radius 1 is 1.07 bits per heavy atom. The molecular weight excluding hydrogens is 556 g/mol. The van der Waals surface area contributed by atoms with E-state index in [9.17, 15) is 29.1 Å². The molecule has 0 spiro atoms. The van der Waals surface area contributed by atoms with E-state index in [4.69, 9.17) is 4.42 Å². The van der Waals surface area contributed by atoms with Crippen LogP contribution in [0.15, 0.2) is 50.5 Å². The molecule has 3 N–H and O–H groups in total. The lowest BCUT2D eigenvalue weighted by Crippen LogP contribution is -2.57. The second-order valence-corrected chi connectivity index (χ2v) is 11.5. The minimum Gasteiger partial charge on any atom is -0.438 e. The van der Waals surface area contributed by atoms with Crippen molar-refractivity contribution in [2.45, 2.75) is 84.8 Å². The number of hydrogen-bond donors (Lipinski definition) is 3. The molecule has 0 saturated carbocycles. The number of para-hydroxylation sites is 2. The van der Waals surface area contributed by atoms with Gasteiger partial charge >= 0.3 is 5.69 Å². The number of likely N-dealkylation sites (tertiary alicyclic amines) is 1. The highest BCUT2D eigenvalue weighted by Crippen LogP contribution is 2.27. The molecule has 1 unspecified atom stereocenters. The van der Waals surface area contributed by atoms with E-state index in [1.54, 1.807) is 39.0 Å². The maximum atomic E-state index is 13.7. The highest BCUT2D eigenvalue weighted by atomic mass is 16.4. The normalized spacial score (nSPS) is 17.3. The van der Waals surface area contributed by atoms with Gasteiger partial charge in [-0.1, -0.05) is 39.8 Å². The Bertz CT molecular complexity index is 1560. The number of aliphatic hydroxyl groups is 1. The van der Waals surface area contributed by atoms with Gasteiger partial charge in [-0.25, -0.2) is 9.78 Å². The molecule has 1 saturated heterocycles. The van der Waals surface area contributed by atoms with Gasteiger partial charge in [0.2, 0.25) is 23.6 Å². The van der Waals surface area contributed by atoms with E-state index in [1.165, 1.54) is 17.2 Å². The molecule has 0 bridgehead atoms. The number of fused-ring (bicyclic) bond motifs is 1. The Labute approximate surface area is 248 Å². The summed E-state index contributed by atoms with van der Waals surface area (Å²) in [6.45, 7) is 9.05. The van der Waals surface area contributed by atoms with E-state index >= 15 is 0 Å². The Kier molecular flexibility index (Phi) is 9.84. The molecule has 232 valence electrons. The summed E-state index contributed by atoms with van der Waals surface area (Å²) in [6.07, 6.45) is 1.06. The van der Waals surface area contributed by atoms with Crippen molar-refractivity contribution in [1.82, 2.24) is 29.7 Å². The number of hydrogen-bond acceptors (Lipinski definition) is 8. The van der Waals surface area contributed by atoms with E-state index < -0.39 is 53.2 Å². The maximum Gasteiger partial charge on any atom is 0.331 e. The third-order valence-electron chi connectivity index (χ3n) is 7.79. The van der Waals surface area contributed by atoms with Crippen LogP contribution in [0.1, 0.15) is 59.5 Å². The first-order valence-corrected chi connectivity index (χ1v) is 14.7. The van der Waals surface area contributed by atoms with Crippen molar-refractivity contribution in [2.24, 2.45) is 11.8 Å². The van der Waals surface area contributed by atoms with Gasteiger partial charge in [0.05, 0.1) is 6.04 Å². The molecule has 1 aliphatic heterocycles. The Morgan fingerprint density at radius 3 is 2.44 bits per heavy atom. The van der Waals surface area contributed by atoms with Gasteiger partial charge in [-0.2, -0.15) is 0 Å². The monoisotopic (exact) mass is 596 g/mol. The second-order valence-electron chi connectivity index (χ2n) is 11.5. The Balaban J connectivity index is 1.46. The molecule has 0 aliphatic carbocycles. The average Bonchev–Trinajstić information content (AvgIpc) is 3.63. The van der Waals surface area contributed by atoms with Crippen LogP contribution in [0.3, 0.4) is 0 Å². The summed E-state index contributed by atoms with van der Waals surface area (Å²) in [7, 11) is 0. The molecule has 2 aromatic heterocycles. The fourth-order valence-corrected chi connectivity index (χ4v) is 5.38. The zero-order chi connectivity index (χ0) is 31.4. The summed E-state index contributed by atoms with van der Waals surface area (Å²) in [5.41, 5.74) is 0.0422. The number of aliphatic hydroxyl groups excluding tert-OH is 1. The fraction of sp³-hybridized carbons (Fsp3) is 0.533. The van der Waals surface area contributed by atoms with Gasteiger partial charge in [0.25, 0.3) is 5.56 Å². The van der Waals surface area contributed by atoms with Crippen molar-refractivity contribution in [3.63, 3.8) is 0 Å². The molecule has 13 heteroatoms. The molecule has 3 aromatic rings. The van der Waals surface area contributed by atoms with Crippen LogP contribution < -0.4 is 21.9 Å². The number of amides is 3. The van der Waals surface area contributed by atoms with E-state index in [1.807, 2.05) is 19.9 Å². The van der Waals surface area contributed by atoms with E-state index in [2.05, 4.69) is 15.6 Å². The number of rotatable bonds is 11. The minimum absolute atomic E-state index is 0.0931. The van der Waals surface area contributed by atoms with Crippen LogP contribution in [-0.2, 0) is 27.5 Å². The van der Waals surface area contributed by atoms with Crippen LogP contribution in [0.2, 0.25) is 0 Å². The molecule has 1 aromatic carbocycles. The van der Waals surface area contributed by atoms with Gasteiger partial charge in [-0.05, 0) is 43.7 Å². The summed E-state index contributed by atoms with van der Waals surface area (Å²) in [5.74, 6) is -1.80. The van der Waals surface area contributed by atoms with Gasteiger partial charge in [0, 0.05) is 25.4 Å². The molecule has 1 aliphatic rings. The number of benzene rings is 1. The van der Waals surface area contributed by atoms with Crippen LogP contribution in [0, 0.1) is 11.8 Å².